The van der Waals surface area contributed by atoms with Crippen LogP contribution in [0.4, 0.5) is 4.79 Å². The van der Waals surface area contributed by atoms with Crippen molar-refractivity contribution < 1.29 is 23.5 Å². The number of furan rings is 1. The van der Waals surface area contributed by atoms with E-state index in [-0.39, 0.29) is 23.9 Å². The number of carbonyl (C=O) groups excluding carboxylic acids is 3. The van der Waals surface area contributed by atoms with Crippen LogP contribution in [0.2, 0.25) is 0 Å². The standard InChI is InChI=1S/C20H18N4O6S/c25-14(8-24-18(27)20(23-19(24)28)5-1-2-6-20)30-9-13-21-16(26)15-11(10-31-17(15)22-13)12-4-3-7-29-12/h3-4,7,10H,1-2,5-6,8-9H2,(H,23,28)(H,21,22,26). The summed E-state index contributed by atoms with van der Waals surface area (Å²) in [5.41, 5.74) is -0.609. The van der Waals surface area contributed by atoms with Gasteiger partial charge >= 0.3 is 12.0 Å². The van der Waals surface area contributed by atoms with E-state index >= 15 is 0 Å². The Bertz CT molecular complexity index is 1240. The van der Waals surface area contributed by atoms with E-state index in [1.807, 2.05) is 0 Å². The zero-order valence-electron chi connectivity index (χ0n) is 16.3. The lowest BCUT2D eigenvalue weighted by Gasteiger charge is -2.19. The number of aromatic nitrogens is 2. The highest BCUT2D eigenvalue weighted by Crippen LogP contribution is 2.35. The number of hydrogen-bond donors (Lipinski definition) is 2. The van der Waals surface area contributed by atoms with E-state index in [2.05, 4.69) is 15.3 Å². The minimum Gasteiger partial charge on any atom is -0.464 e. The molecule has 2 aliphatic rings. The van der Waals surface area contributed by atoms with Crippen molar-refractivity contribution in [1.29, 1.82) is 0 Å². The molecular formula is C20H18N4O6S. The van der Waals surface area contributed by atoms with Crippen LogP contribution in [0, 0.1) is 0 Å². The number of rotatable bonds is 5. The number of nitrogens with zero attached hydrogens (tertiary/aromatic N) is 2. The Morgan fingerprint density at radius 1 is 1.29 bits per heavy atom. The first-order chi connectivity index (χ1) is 15.0. The number of imide groups is 1. The SMILES string of the molecule is O=C(CN1C(=O)NC2(CCCC2)C1=O)OCc1nc2scc(-c3ccco3)c2c(=O)[nH]1. The van der Waals surface area contributed by atoms with Gasteiger partial charge in [-0.15, -0.1) is 11.3 Å². The first kappa shape index (κ1) is 19.5. The van der Waals surface area contributed by atoms with E-state index in [9.17, 15) is 19.2 Å². The van der Waals surface area contributed by atoms with Gasteiger partial charge in [0.1, 0.15) is 35.1 Å². The lowest BCUT2D eigenvalue weighted by molar-refractivity contribution is -0.149. The lowest BCUT2D eigenvalue weighted by atomic mass is 9.98. The molecule has 3 amide bonds. The number of urea groups is 1. The minimum absolute atomic E-state index is 0.170. The van der Waals surface area contributed by atoms with Gasteiger partial charge in [0.05, 0.1) is 11.6 Å². The summed E-state index contributed by atoms with van der Waals surface area (Å²) in [4.78, 5) is 57.9. The number of aromatic amines is 1. The number of hydrogen-bond acceptors (Lipinski definition) is 8. The average Bonchev–Trinajstić information content (AvgIpc) is 3.52. The Morgan fingerprint density at radius 2 is 2.10 bits per heavy atom. The normalized spacial score (nSPS) is 17.6. The van der Waals surface area contributed by atoms with Gasteiger partial charge in [0.25, 0.3) is 11.5 Å². The van der Waals surface area contributed by atoms with E-state index in [0.717, 1.165) is 17.7 Å². The molecule has 1 saturated carbocycles. The molecule has 1 aliphatic heterocycles. The van der Waals surface area contributed by atoms with Crippen LogP contribution in [-0.4, -0.2) is 44.9 Å². The van der Waals surface area contributed by atoms with Crippen molar-refractivity contribution in [3.63, 3.8) is 0 Å². The molecule has 10 nitrogen and oxygen atoms in total. The molecule has 0 unspecified atom stereocenters. The van der Waals surface area contributed by atoms with Crippen LogP contribution < -0.4 is 10.9 Å². The molecule has 4 heterocycles. The number of ether oxygens (including phenoxy) is 1. The molecular weight excluding hydrogens is 424 g/mol. The van der Waals surface area contributed by atoms with E-state index in [0.29, 0.717) is 34.4 Å². The van der Waals surface area contributed by atoms with Crippen molar-refractivity contribution >= 4 is 39.5 Å². The van der Waals surface area contributed by atoms with Gasteiger partial charge in [-0.2, -0.15) is 0 Å². The van der Waals surface area contributed by atoms with Crippen LogP contribution >= 0.6 is 11.3 Å². The summed E-state index contributed by atoms with van der Waals surface area (Å²) in [5.74, 6) is -0.415. The van der Waals surface area contributed by atoms with Gasteiger partial charge in [-0.05, 0) is 25.0 Å². The number of amides is 3. The quantitative estimate of drug-likeness (QED) is 0.457. The molecule has 1 aliphatic carbocycles. The second-order valence-corrected chi connectivity index (χ2v) is 8.45. The molecule has 1 spiro atoms. The fraction of sp³-hybridized carbons (Fsp3) is 0.350. The van der Waals surface area contributed by atoms with E-state index in [1.54, 1.807) is 17.5 Å². The number of carbonyl (C=O) groups is 3. The number of nitrogens with one attached hydrogen (secondary N) is 2. The Morgan fingerprint density at radius 3 is 2.84 bits per heavy atom. The molecule has 5 rings (SSSR count). The molecule has 2 N–H and O–H groups in total. The molecule has 0 radical (unpaired) electrons. The average molecular weight is 442 g/mol. The molecule has 1 saturated heterocycles. The van der Waals surface area contributed by atoms with E-state index in [4.69, 9.17) is 9.15 Å². The summed E-state index contributed by atoms with van der Waals surface area (Å²) in [5, 5.41) is 4.89. The lowest BCUT2D eigenvalue weighted by Crippen LogP contribution is -2.44. The Kier molecular flexibility index (Phi) is 4.62. The molecule has 11 heteroatoms. The number of fused-ring (bicyclic) bond motifs is 1. The van der Waals surface area contributed by atoms with Crippen LogP contribution in [0.15, 0.2) is 33.0 Å². The highest BCUT2D eigenvalue weighted by atomic mass is 32.1. The summed E-state index contributed by atoms with van der Waals surface area (Å²) in [6.45, 7) is -0.771. The maximum absolute atomic E-state index is 12.6. The first-order valence-electron chi connectivity index (χ1n) is 9.81. The summed E-state index contributed by atoms with van der Waals surface area (Å²) < 4.78 is 10.5. The topological polar surface area (TPSA) is 135 Å². The van der Waals surface area contributed by atoms with E-state index < -0.39 is 24.1 Å². The van der Waals surface area contributed by atoms with Gasteiger partial charge in [-0.25, -0.2) is 9.78 Å². The van der Waals surface area contributed by atoms with E-state index in [1.165, 1.54) is 17.6 Å². The minimum atomic E-state index is -0.875. The molecule has 0 bridgehead atoms. The van der Waals surface area contributed by atoms with Crippen molar-refractivity contribution in [2.45, 2.75) is 37.8 Å². The van der Waals surface area contributed by atoms with Crippen LogP contribution in [0.1, 0.15) is 31.5 Å². The number of thiophene rings is 1. The summed E-state index contributed by atoms with van der Waals surface area (Å²) in [6.07, 6.45) is 4.39. The summed E-state index contributed by atoms with van der Waals surface area (Å²) >= 11 is 1.27. The number of H-pyrrole nitrogens is 1. The number of esters is 1. The highest BCUT2D eigenvalue weighted by Gasteiger charge is 2.52. The zero-order chi connectivity index (χ0) is 21.6. The van der Waals surface area contributed by atoms with Crippen molar-refractivity contribution in [2.24, 2.45) is 0 Å². The van der Waals surface area contributed by atoms with Gasteiger partial charge < -0.3 is 19.5 Å². The van der Waals surface area contributed by atoms with Gasteiger partial charge in [0.2, 0.25) is 0 Å². The molecule has 0 atom stereocenters. The van der Waals surface area contributed by atoms with Gasteiger partial charge in [-0.1, -0.05) is 12.8 Å². The predicted molar refractivity (Wildman–Crippen MR) is 109 cm³/mol. The van der Waals surface area contributed by atoms with Crippen molar-refractivity contribution in [3.05, 3.63) is 40.0 Å². The first-order valence-corrected chi connectivity index (χ1v) is 10.7. The van der Waals surface area contributed by atoms with Gasteiger partial charge in [-0.3, -0.25) is 19.3 Å². The Balaban J connectivity index is 1.27. The zero-order valence-corrected chi connectivity index (χ0v) is 17.1. The molecule has 0 aromatic carbocycles. The third kappa shape index (κ3) is 3.30. The third-order valence-electron chi connectivity index (χ3n) is 5.64. The summed E-state index contributed by atoms with van der Waals surface area (Å²) in [7, 11) is 0. The largest absolute Gasteiger partial charge is 0.464 e. The van der Waals surface area contributed by atoms with Gasteiger partial charge in [0, 0.05) is 10.9 Å². The fourth-order valence-corrected chi connectivity index (χ4v) is 5.08. The smallest absolute Gasteiger partial charge is 0.326 e. The second-order valence-electron chi connectivity index (χ2n) is 7.59. The van der Waals surface area contributed by atoms with Crippen LogP contribution in [-0.2, 0) is 20.9 Å². The third-order valence-corrected chi connectivity index (χ3v) is 6.51. The Labute approximate surface area is 179 Å². The Hall–Kier alpha value is -3.47. The monoisotopic (exact) mass is 442 g/mol. The van der Waals surface area contributed by atoms with Crippen LogP contribution in [0.25, 0.3) is 21.5 Å². The fourth-order valence-electron chi connectivity index (χ4n) is 4.14. The molecule has 160 valence electrons. The molecule has 31 heavy (non-hydrogen) atoms. The molecule has 3 aromatic heterocycles. The second kappa shape index (κ2) is 7.34. The highest BCUT2D eigenvalue weighted by molar-refractivity contribution is 7.17. The maximum atomic E-state index is 12.6. The van der Waals surface area contributed by atoms with Crippen molar-refractivity contribution in [2.75, 3.05) is 6.54 Å². The van der Waals surface area contributed by atoms with Crippen molar-refractivity contribution in [1.82, 2.24) is 20.2 Å². The van der Waals surface area contributed by atoms with Crippen molar-refractivity contribution in [3.8, 4) is 11.3 Å². The maximum Gasteiger partial charge on any atom is 0.326 e. The summed E-state index contributed by atoms with van der Waals surface area (Å²) in [6, 6.07) is 2.90. The van der Waals surface area contributed by atoms with Gasteiger partial charge in [0.15, 0.2) is 0 Å². The predicted octanol–water partition coefficient (Wildman–Crippen LogP) is 2.15. The van der Waals surface area contributed by atoms with Crippen LogP contribution in [0.3, 0.4) is 0 Å². The van der Waals surface area contributed by atoms with Crippen LogP contribution in [0.5, 0.6) is 0 Å². The molecule has 2 fully saturated rings. The molecule has 3 aromatic rings.